The van der Waals surface area contributed by atoms with Crippen molar-refractivity contribution in [3.05, 3.63) is 62.1 Å². The number of carbonyl (C=O) groups is 1. The van der Waals surface area contributed by atoms with Gasteiger partial charge in [-0.2, -0.15) is 5.10 Å². The third kappa shape index (κ3) is 4.35. The number of hydrogen-bond acceptors (Lipinski definition) is 8. The summed E-state index contributed by atoms with van der Waals surface area (Å²) in [7, 11) is 0. The Hall–Kier alpha value is -3.76. The topological polar surface area (TPSA) is 154 Å². The lowest BCUT2D eigenvalue weighted by atomic mass is 10.4. The molecule has 2 heterocycles. The minimum Gasteiger partial charge on any atom is -0.401 e. The van der Waals surface area contributed by atoms with E-state index in [2.05, 4.69) is 10.5 Å². The van der Waals surface area contributed by atoms with E-state index >= 15 is 0 Å². The Kier molecular flexibility index (Phi) is 4.62. The molecule has 0 saturated heterocycles. The van der Waals surface area contributed by atoms with Crippen molar-refractivity contribution in [2.45, 2.75) is 0 Å². The highest BCUT2D eigenvalue weighted by Crippen LogP contribution is 2.16. The molecule has 0 radical (unpaired) electrons. The maximum atomic E-state index is 11.4. The molecule has 0 aliphatic carbocycles. The molecule has 1 amide bonds. The molecule has 0 atom stereocenters. The predicted molar refractivity (Wildman–Crippen MR) is 75.5 cm³/mol. The van der Waals surface area contributed by atoms with Crippen molar-refractivity contribution < 1.29 is 23.5 Å². The third-order valence-corrected chi connectivity index (χ3v) is 2.35. The van der Waals surface area contributed by atoms with Crippen molar-refractivity contribution in [3.8, 4) is 0 Å². The largest absolute Gasteiger partial charge is 0.433 e. The maximum absolute atomic E-state index is 11.4. The van der Waals surface area contributed by atoms with Gasteiger partial charge in [0.2, 0.25) is 0 Å². The average Bonchev–Trinajstić information content (AvgIpc) is 3.14. The van der Waals surface area contributed by atoms with Crippen LogP contribution in [0.3, 0.4) is 0 Å². The van der Waals surface area contributed by atoms with Gasteiger partial charge in [-0.1, -0.05) is 0 Å². The summed E-state index contributed by atoms with van der Waals surface area (Å²) in [6, 6.07) is 4.94. The Morgan fingerprint density at radius 3 is 2.17 bits per heavy atom. The van der Waals surface area contributed by atoms with Crippen LogP contribution >= 0.6 is 0 Å². The molecular formula is C12H8N4O7. The van der Waals surface area contributed by atoms with Crippen LogP contribution in [0.25, 0.3) is 6.08 Å². The van der Waals surface area contributed by atoms with E-state index in [-0.39, 0.29) is 11.5 Å². The molecule has 0 spiro atoms. The minimum absolute atomic E-state index is 0.0858. The van der Waals surface area contributed by atoms with Crippen molar-refractivity contribution >= 4 is 30.0 Å². The van der Waals surface area contributed by atoms with Gasteiger partial charge in [0, 0.05) is 6.08 Å². The second-order valence-corrected chi connectivity index (χ2v) is 3.93. The summed E-state index contributed by atoms with van der Waals surface area (Å²) in [5, 5.41) is 24.3. The van der Waals surface area contributed by atoms with Crippen molar-refractivity contribution in [1.29, 1.82) is 0 Å². The summed E-state index contributed by atoms with van der Waals surface area (Å²) in [4.78, 5) is 30.8. The fourth-order valence-electron chi connectivity index (χ4n) is 1.39. The highest BCUT2D eigenvalue weighted by molar-refractivity contribution is 5.92. The number of hydrazone groups is 1. The summed E-state index contributed by atoms with van der Waals surface area (Å²) in [6.07, 6.45) is 3.34. The number of carbonyl (C=O) groups excluding carboxylic acids is 1. The first-order valence-corrected chi connectivity index (χ1v) is 5.95. The minimum atomic E-state index is -0.707. The Labute approximate surface area is 127 Å². The number of amides is 1. The molecule has 0 aliphatic rings. The highest BCUT2D eigenvalue weighted by atomic mass is 16.7. The van der Waals surface area contributed by atoms with E-state index in [9.17, 15) is 25.0 Å². The van der Waals surface area contributed by atoms with Crippen LogP contribution in [0.5, 0.6) is 0 Å². The summed E-state index contributed by atoms with van der Waals surface area (Å²) in [5.74, 6) is -1.32. The number of nitro groups is 2. The molecule has 0 aromatic carbocycles. The Balaban J connectivity index is 1.88. The predicted octanol–water partition coefficient (Wildman–Crippen LogP) is 1.85. The van der Waals surface area contributed by atoms with E-state index in [1.807, 2.05) is 0 Å². The number of furan rings is 2. The zero-order valence-electron chi connectivity index (χ0n) is 11.2. The monoisotopic (exact) mass is 320 g/mol. The van der Waals surface area contributed by atoms with Crippen molar-refractivity contribution in [3.63, 3.8) is 0 Å². The first kappa shape index (κ1) is 15.6. The smallest absolute Gasteiger partial charge is 0.401 e. The fraction of sp³-hybridized carbons (Fsp3) is 0. The van der Waals surface area contributed by atoms with Gasteiger partial charge in [-0.3, -0.25) is 25.0 Å². The van der Waals surface area contributed by atoms with Gasteiger partial charge in [-0.15, -0.1) is 0 Å². The molecule has 2 rings (SSSR count). The van der Waals surface area contributed by atoms with Gasteiger partial charge in [-0.25, -0.2) is 5.43 Å². The SMILES string of the molecule is O=C(/C=C/c1ccc([N+](=O)[O-])o1)N/N=C/c1ccc([N+](=O)[O-])o1. The van der Waals surface area contributed by atoms with Gasteiger partial charge < -0.3 is 8.83 Å². The van der Waals surface area contributed by atoms with Gasteiger partial charge >= 0.3 is 11.8 Å². The summed E-state index contributed by atoms with van der Waals surface area (Å²) in [5.41, 5.74) is 2.11. The molecule has 2 aromatic heterocycles. The van der Waals surface area contributed by atoms with Crippen molar-refractivity contribution in [1.82, 2.24) is 5.43 Å². The van der Waals surface area contributed by atoms with Crippen molar-refractivity contribution in [2.75, 3.05) is 0 Å². The Bertz CT molecular complexity index is 802. The van der Waals surface area contributed by atoms with Crippen LogP contribution in [-0.2, 0) is 4.79 Å². The van der Waals surface area contributed by atoms with Gasteiger partial charge in [0.1, 0.15) is 15.6 Å². The van der Waals surface area contributed by atoms with Crippen LogP contribution in [0.15, 0.2) is 44.3 Å². The van der Waals surface area contributed by atoms with Gasteiger partial charge in [0.15, 0.2) is 5.76 Å². The van der Waals surface area contributed by atoms with E-state index in [4.69, 9.17) is 8.83 Å². The lowest BCUT2D eigenvalue weighted by molar-refractivity contribution is -0.402. The number of nitrogens with zero attached hydrogens (tertiary/aromatic N) is 3. The van der Waals surface area contributed by atoms with E-state index < -0.39 is 27.5 Å². The number of hydrogen-bond donors (Lipinski definition) is 1. The second-order valence-electron chi connectivity index (χ2n) is 3.93. The summed E-state index contributed by atoms with van der Waals surface area (Å²) in [6.45, 7) is 0. The Morgan fingerprint density at radius 2 is 1.61 bits per heavy atom. The molecular weight excluding hydrogens is 312 g/mol. The van der Waals surface area contributed by atoms with Gasteiger partial charge in [-0.05, 0) is 18.2 Å². The van der Waals surface area contributed by atoms with E-state index in [1.165, 1.54) is 18.2 Å². The second kappa shape index (κ2) is 6.80. The third-order valence-electron chi connectivity index (χ3n) is 2.35. The first-order chi connectivity index (χ1) is 11.0. The van der Waals surface area contributed by atoms with E-state index in [1.54, 1.807) is 0 Å². The molecule has 0 bridgehead atoms. The van der Waals surface area contributed by atoms with Crippen LogP contribution in [0.1, 0.15) is 11.5 Å². The normalized spacial score (nSPS) is 11.1. The lowest BCUT2D eigenvalue weighted by Crippen LogP contribution is -2.13. The summed E-state index contributed by atoms with van der Waals surface area (Å²) < 4.78 is 9.60. The number of rotatable bonds is 6. The first-order valence-electron chi connectivity index (χ1n) is 5.95. The molecule has 0 fully saturated rings. The zero-order chi connectivity index (χ0) is 16.8. The van der Waals surface area contributed by atoms with E-state index in [0.29, 0.717) is 0 Å². The van der Waals surface area contributed by atoms with Crippen LogP contribution < -0.4 is 5.43 Å². The molecule has 11 heteroatoms. The van der Waals surface area contributed by atoms with Crippen LogP contribution in [0.4, 0.5) is 11.8 Å². The van der Waals surface area contributed by atoms with Crippen LogP contribution in [0.2, 0.25) is 0 Å². The maximum Gasteiger partial charge on any atom is 0.433 e. The van der Waals surface area contributed by atoms with Gasteiger partial charge in [0.25, 0.3) is 5.91 Å². The molecule has 2 aromatic rings. The molecule has 0 unspecified atom stereocenters. The van der Waals surface area contributed by atoms with Crippen molar-refractivity contribution in [2.24, 2.45) is 5.10 Å². The molecule has 0 aliphatic heterocycles. The highest BCUT2D eigenvalue weighted by Gasteiger charge is 2.11. The molecule has 0 saturated carbocycles. The molecule has 23 heavy (non-hydrogen) atoms. The standard InChI is InChI=1S/C12H8N4O7/c17-10(4-1-8-2-5-11(22-8)15(18)19)14-13-7-9-3-6-12(23-9)16(20)21/h1-7H,(H,14,17)/b4-1+,13-7+. The number of nitrogens with one attached hydrogen (secondary N) is 1. The molecule has 1 N–H and O–H groups in total. The average molecular weight is 320 g/mol. The van der Waals surface area contributed by atoms with E-state index in [0.717, 1.165) is 24.4 Å². The van der Waals surface area contributed by atoms with Gasteiger partial charge in [0.05, 0.1) is 18.3 Å². The molecule has 118 valence electrons. The molecule has 11 nitrogen and oxygen atoms in total. The van der Waals surface area contributed by atoms with Crippen LogP contribution in [0, 0.1) is 20.2 Å². The van der Waals surface area contributed by atoms with Crippen LogP contribution in [-0.4, -0.2) is 22.0 Å². The lowest BCUT2D eigenvalue weighted by Gasteiger charge is -1.91. The Morgan fingerprint density at radius 1 is 1.04 bits per heavy atom. The summed E-state index contributed by atoms with van der Waals surface area (Å²) >= 11 is 0. The zero-order valence-corrected chi connectivity index (χ0v) is 11.2. The fourth-order valence-corrected chi connectivity index (χ4v) is 1.39. The quantitative estimate of drug-likeness (QED) is 0.368.